The molecule has 19 heavy (non-hydrogen) atoms. The van der Waals surface area contributed by atoms with Crippen molar-refractivity contribution in [3.63, 3.8) is 0 Å². The van der Waals surface area contributed by atoms with Crippen LogP contribution in [0.1, 0.15) is 40.5 Å². The second-order valence-corrected chi connectivity index (χ2v) is 5.66. The van der Waals surface area contributed by atoms with E-state index in [1.54, 1.807) is 20.8 Å². The standard InChI is InChI=1S/C15H21F2NO/c1-5-6-9-18(14(19)15(2,3)4)13-8-7-11(16)10-12(13)17/h7-8,10H,5-6,9H2,1-4H3. The molecule has 0 spiro atoms. The van der Waals surface area contributed by atoms with Gasteiger partial charge in [-0.1, -0.05) is 34.1 Å². The Bertz CT molecular complexity index is 452. The molecule has 0 atom stereocenters. The molecule has 0 saturated carbocycles. The number of nitrogens with zero attached hydrogens (tertiary/aromatic N) is 1. The number of benzene rings is 1. The summed E-state index contributed by atoms with van der Waals surface area (Å²) in [7, 11) is 0. The van der Waals surface area contributed by atoms with E-state index in [2.05, 4.69) is 0 Å². The second kappa shape index (κ2) is 6.13. The normalized spacial score (nSPS) is 11.5. The molecule has 0 saturated heterocycles. The van der Waals surface area contributed by atoms with Crippen molar-refractivity contribution in [3.8, 4) is 0 Å². The molecule has 0 aromatic heterocycles. The van der Waals surface area contributed by atoms with Gasteiger partial charge in [-0.25, -0.2) is 8.78 Å². The van der Waals surface area contributed by atoms with Gasteiger partial charge in [0.05, 0.1) is 5.69 Å². The molecule has 0 heterocycles. The summed E-state index contributed by atoms with van der Waals surface area (Å²) in [6, 6.07) is 3.31. The molecular formula is C15H21F2NO. The van der Waals surface area contributed by atoms with Gasteiger partial charge < -0.3 is 4.90 Å². The Balaban J connectivity index is 3.12. The molecule has 0 fully saturated rings. The summed E-state index contributed by atoms with van der Waals surface area (Å²) in [5, 5.41) is 0. The third-order valence-electron chi connectivity index (χ3n) is 2.82. The third-order valence-corrected chi connectivity index (χ3v) is 2.82. The highest BCUT2D eigenvalue weighted by Gasteiger charge is 2.29. The molecule has 1 rings (SSSR count). The molecular weight excluding hydrogens is 248 g/mol. The van der Waals surface area contributed by atoms with Gasteiger partial charge in [-0.05, 0) is 18.6 Å². The van der Waals surface area contributed by atoms with Crippen LogP contribution in [0.25, 0.3) is 0 Å². The van der Waals surface area contributed by atoms with E-state index < -0.39 is 17.0 Å². The average molecular weight is 269 g/mol. The molecule has 0 aliphatic rings. The lowest BCUT2D eigenvalue weighted by Gasteiger charge is -2.29. The number of hydrogen-bond donors (Lipinski definition) is 0. The first-order valence-electron chi connectivity index (χ1n) is 6.54. The van der Waals surface area contributed by atoms with Crippen molar-refractivity contribution in [1.82, 2.24) is 0 Å². The van der Waals surface area contributed by atoms with Crippen LogP contribution in [-0.4, -0.2) is 12.5 Å². The van der Waals surface area contributed by atoms with Crippen LogP contribution in [0.15, 0.2) is 18.2 Å². The molecule has 2 nitrogen and oxygen atoms in total. The quantitative estimate of drug-likeness (QED) is 0.804. The Hall–Kier alpha value is -1.45. The molecule has 0 aliphatic heterocycles. The number of hydrogen-bond acceptors (Lipinski definition) is 1. The number of rotatable bonds is 4. The van der Waals surface area contributed by atoms with E-state index in [4.69, 9.17) is 0 Å². The summed E-state index contributed by atoms with van der Waals surface area (Å²) >= 11 is 0. The first-order valence-corrected chi connectivity index (χ1v) is 6.54. The van der Waals surface area contributed by atoms with Crippen LogP contribution in [0.3, 0.4) is 0 Å². The predicted molar refractivity (Wildman–Crippen MR) is 73.1 cm³/mol. The van der Waals surface area contributed by atoms with Gasteiger partial charge in [0.2, 0.25) is 5.91 Å². The van der Waals surface area contributed by atoms with Gasteiger partial charge in [0.15, 0.2) is 0 Å². The van der Waals surface area contributed by atoms with Crippen LogP contribution in [0.5, 0.6) is 0 Å². The monoisotopic (exact) mass is 269 g/mol. The summed E-state index contributed by atoms with van der Waals surface area (Å²) in [6.07, 6.45) is 1.68. The van der Waals surface area contributed by atoms with Crippen molar-refractivity contribution in [1.29, 1.82) is 0 Å². The maximum Gasteiger partial charge on any atom is 0.232 e. The Morgan fingerprint density at radius 1 is 1.26 bits per heavy atom. The van der Waals surface area contributed by atoms with Gasteiger partial charge in [-0.15, -0.1) is 0 Å². The smallest absolute Gasteiger partial charge is 0.232 e. The van der Waals surface area contributed by atoms with E-state index in [9.17, 15) is 13.6 Å². The fourth-order valence-corrected chi connectivity index (χ4v) is 1.75. The van der Waals surface area contributed by atoms with Gasteiger partial charge in [-0.2, -0.15) is 0 Å². The van der Waals surface area contributed by atoms with Crippen LogP contribution < -0.4 is 4.90 Å². The first-order chi connectivity index (χ1) is 8.77. The van der Waals surface area contributed by atoms with E-state index in [0.717, 1.165) is 18.9 Å². The van der Waals surface area contributed by atoms with E-state index in [0.29, 0.717) is 6.54 Å². The second-order valence-electron chi connectivity index (χ2n) is 5.66. The lowest BCUT2D eigenvalue weighted by atomic mass is 9.94. The van der Waals surface area contributed by atoms with E-state index in [-0.39, 0.29) is 11.6 Å². The van der Waals surface area contributed by atoms with Gasteiger partial charge >= 0.3 is 0 Å². The largest absolute Gasteiger partial charge is 0.309 e. The molecule has 106 valence electrons. The zero-order chi connectivity index (χ0) is 14.6. The molecule has 1 amide bonds. The lowest BCUT2D eigenvalue weighted by Crippen LogP contribution is -2.40. The highest BCUT2D eigenvalue weighted by molar-refractivity contribution is 5.96. The topological polar surface area (TPSA) is 20.3 Å². The Morgan fingerprint density at radius 3 is 2.37 bits per heavy atom. The van der Waals surface area contributed by atoms with Gasteiger partial charge in [0.1, 0.15) is 11.6 Å². The fourth-order valence-electron chi connectivity index (χ4n) is 1.75. The van der Waals surface area contributed by atoms with Crippen LogP contribution in [0.2, 0.25) is 0 Å². The van der Waals surface area contributed by atoms with Crippen LogP contribution in [-0.2, 0) is 4.79 Å². The van der Waals surface area contributed by atoms with Crippen molar-refractivity contribution in [2.45, 2.75) is 40.5 Å². The molecule has 4 heteroatoms. The van der Waals surface area contributed by atoms with Crippen molar-refractivity contribution in [3.05, 3.63) is 29.8 Å². The third kappa shape index (κ3) is 4.01. The number of halogens is 2. The number of carbonyl (C=O) groups is 1. The molecule has 1 aromatic rings. The van der Waals surface area contributed by atoms with Crippen molar-refractivity contribution >= 4 is 11.6 Å². The van der Waals surface area contributed by atoms with E-state index in [1.165, 1.54) is 17.0 Å². The Kier molecular flexibility index (Phi) is 5.04. The fraction of sp³-hybridized carbons (Fsp3) is 0.533. The summed E-state index contributed by atoms with van der Waals surface area (Å²) in [6.45, 7) is 7.80. The summed E-state index contributed by atoms with van der Waals surface area (Å²) in [4.78, 5) is 13.8. The minimum atomic E-state index is -0.700. The maximum absolute atomic E-state index is 13.8. The minimum absolute atomic E-state index is 0.148. The lowest BCUT2D eigenvalue weighted by molar-refractivity contribution is -0.125. The molecule has 0 aliphatic carbocycles. The van der Waals surface area contributed by atoms with Gasteiger partial charge in [0.25, 0.3) is 0 Å². The zero-order valence-electron chi connectivity index (χ0n) is 12.0. The van der Waals surface area contributed by atoms with Crippen LogP contribution >= 0.6 is 0 Å². The number of amides is 1. The van der Waals surface area contributed by atoms with Crippen molar-refractivity contribution < 1.29 is 13.6 Å². The van der Waals surface area contributed by atoms with Crippen molar-refractivity contribution in [2.75, 3.05) is 11.4 Å². The minimum Gasteiger partial charge on any atom is -0.309 e. The first kappa shape index (κ1) is 15.6. The number of anilines is 1. The molecule has 1 aromatic carbocycles. The van der Waals surface area contributed by atoms with Crippen LogP contribution in [0.4, 0.5) is 14.5 Å². The van der Waals surface area contributed by atoms with Gasteiger partial charge in [0, 0.05) is 18.0 Å². The highest BCUT2D eigenvalue weighted by Crippen LogP contribution is 2.26. The molecule has 0 N–H and O–H groups in total. The summed E-state index contributed by atoms with van der Waals surface area (Å²) in [5.74, 6) is -1.50. The molecule has 0 radical (unpaired) electrons. The van der Waals surface area contributed by atoms with Gasteiger partial charge in [-0.3, -0.25) is 4.79 Å². The predicted octanol–water partition coefficient (Wildman–Crippen LogP) is 4.14. The molecule has 0 unspecified atom stereocenters. The number of carbonyl (C=O) groups excluding carboxylic acids is 1. The average Bonchev–Trinajstić information content (AvgIpc) is 2.30. The maximum atomic E-state index is 13.8. The van der Waals surface area contributed by atoms with Crippen molar-refractivity contribution in [2.24, 2.45) is 5.41 Å². The van der Waals surface area contributed by atoms with E-state index >= 15 is 0 Å². The Labute approximate surface area is 113 Å². The summed E-state index contributed by atoms with van der Waals surface area (Å²) < 4.78 is 26.8. The van der Waals surface area contributed by atoms with Crippen LogP contribution in [0, 0.1) is 17.0 Å². The zero-order valence-corrected chi connectivity index (χ0v) is 12.0. The Morgan fingerprint density at radius 2 is 1.89 bits per heavy atom. The molecule has 0 bridgehead atoms. The highest BCUT2D eigenvalue weighted by atomic mass is 19.1. The van der Waals surface area contributed by atoms with E-state index in [1.807, 2.05) is 6.92 Å². The summed E-state index contributed by atoms with van der Waals surface area (Å²) in [5.41, 5.74) is -0.455. The SMILES string of the molecule is CCCCN(C(=O)C(C)(C)C)c1ccc(F)cc1F. The number of unbranched alkanes of at least 4 members (excludes halogenated alkanes) is 1.